The molecular weight excluding hydrogens is 384 g/mol. The number of nitrogen functional groups attached to an aromatic ring is 1. The minimum atomic E-state index is -0.271. The van der Waals surface area contributed by atoms with E-state index >= 15 is 0 Å². The van der Waals surface area contributed by atoms with Crippen LogP contribution in [0.25, 0.3) is 0 Å². The summed E-state index contributed by atoms with van der Waals surface area (Å²) in [5.41, 5.74) is 12.4. The smallest absolute Gasteiger partial charge is 0.269 e. The minimum Gasteiger partial charge on any atom is -0.393 e. The zero-order valence-corrected chi connectivity index (χ0v) is 15.3. The number of nitrogens with one attached hydrogen (secondary N) is 3. The van der Waals surface area contributed by atoms with Crippen molar-refractivity contribution in [1.29, 1.82) is 0 Å². The summed E-state index contributed by atoms with van der Waals surface area (Å²) in [7, 11) is 0. The normalized spacial score (nSPS) is 14.8. The third-order valence-electron chi connectivity index (χ3n) is 4.23. The number of aromatic nitrogens is 2. The Hall–Kier alpha value is -2.35. The van der Waals surface area contributed by atoms with Gasteiger partial charge in [0.15, 0.2) is 11.6 Å². The molecule has 3 rings (SSSR count). The third kappa shape index (κ3) is 4.60. The lowest BCUT2D eigenvalue weighted by molar-refractivity contribution is 0.0962. The fourth-order valence-corrected chi connectivity index (χ4v) is 3.10. The van der Waals surface area contributed by atoms with Gasteiger partial charge in [0.25, 0.3) is 5.91 Å². The van der Waals surface area contributed by atoms with Crippen LogP contribution in [0.1, 0.15) is 42.5 Å². The molecule has 7 nitrogen and oxygen atoms in total. The Morgan fingerprint density at radius 3 is 2.48 bits per heavy atom. The van der Waals surface area contributed by atoms with E-state index in [0.29, 0.717) is 28.9 Å². The molecule has 0 bridgehead atoms. The van der Waals surface area contributed by atoms with Gasteiger partial charge in [0.2, 0.25) is 0 Å². The van der Waals surface area contributed by atoms with E-state index in [1.54, 1.807) is 24.3 Å². The zero-order chi connectivity index (χ0) is 17.6. The van der Waals surface area contributed by atoms with Crippen molar-refractivity contribution >= 4 is 39.2 Å². The van der Waals surface area contributed by atoms with Crippen LogP contribution in [0.5, 0.6) is 0 Å². The van der Waals surface area contributed by atoms with Crippen molar-refractivity contribution < 1.29 is 4.79 Å². The quantitative estimate of drug-likeness (QED) is 0.569. The number of hydrogen-bond donors (Lipinski definition) is 4. The molecule has 0 spiro atoms. The number of hydrazine groups is 1. The van der Waals surface area contributed by atoms with Crippen LogP contribution in [0.4, 0.5) is 17.3 Å². The van der Waals surface area contributed by atoms with Crippen LogP contribution < -0.4 is 21.9 Å². The van der Waals surface area contributed by atoms with Gasteiger partial charge in [0.05, 0.1) is 0 Å². The molecule has 8 heteroatoms. The van der Waals surface area contributed by atoms with Crippen molar-refractivity contribution in [3.8, 4) is 0 Å². The predicted molar refractivity (Wildman–Crippen MR) is 102 cm³/mol. The fourth-order valence-electron chi connectivity index (χ4n) is 2.84. The van der Waals surface area contributed by atoms with E-state index in [9.17, 15) is 4.79 Å². The van der Waals surface area contributed by atoms with E-state index < -0.39 is 0 Å². The summed E-state index contributed by atoms with van der Waals surface area (Å²) < 4.78 is 0.912. The van der Waals surface area contributed by atoms with Crippen molar-refractivity contribution in [2.75, 3.05) is 16.5 Å². The third-order valence-corrected chi connectivity index (χ3v) is 4.76. The molecule has 0 radical (unpaired) electrons. The first kappa shape index (κ1) is 17.5. The van der Waals surface area contributed by atoms with Gasteiger partial charge in [-0.05, 0) is 37.1 Å². The van der Waals surface area contributed by atoms with Gasteiger partial charge in [-0.3, -0.25) is 15.6 Å². The van der Waals surface area contributed by atoms with Crippen LogP contribution >= 0.6 is 15.9 Å². The molecule has 0 aliphatic heterocycles. The summed E-state index contributed by atoms with van der Waals surface area (Å²) >= 11 is 3.34. The van der Waals surface area contributed by atoms with E-state index in [0.717, 1.165) is 17.3 Å². The van der Waals surface area contributed by atoms with Crippen LogP contribution in [0.15, 0.2) is 35.1 Å². The second-order valence-electron chi connectivity index (χ2n) is 6.05. The van der Waals surface area contributed by atoms with Gasteiger partial charge in [-0.1, -0.05) is 35.2 Å². The molecule has 5 N–H and O–H groups in total. The maximum absolute atomic E-state index is 12.2. The molecule has 1 aliphatic rings. The number of rotatable bonds is 5. The van der Waals surface area contributed by atoms with Crippen molar-refractivity contribution in [3.63, 3.8) is 0 Å². The highest BCUT2D eigenvalue weighted by molar-refractivity contribution is 9.10. The molecular formula is C17H21BrN6O. The van der Waals surface area contributed by atoms with E-state index in [1.165, 1.54) is 25.6 Å². The second-order valence-corrected chi connectivity index (χ2v) is 6.97. The maximum atomic E-state index is 12.2. The standard InChI is InChI=1S/C17H21BrN6O/c18-12-8-6-11(7-9-12)17(25)24-23-16-14(19)15(20-10-21-16)22-13-4-2-1-3-5-13/h6-10,13H,1-5,19H2,(H,24,25)(H2,20,21,22,23). The Bertz CT molecular complexity index is 730. The highest BCUT2D eigenvalue weighted by Crippen LogP contribution is 2.26. The van der Waals surface area contributed by atoms with Gasteiger partial charge < -0.3 is 11.1 Å². The fraction of sp³-hybridized carbons (Fsp3) is 0.353. The second kappa shape index (κ2) is 8.15. The van der Waals surface area contributed by atoms with Gasteiger partial charge in [0.1, 0.15) is 12.0 Å². The van der Waals surface area contributed by atoms with Gasteiger partial charge in [-0.15, -0.1) is 0 Å². The summed E-state index contributed by atoms with van der Waals surface area (Å²) in [5.74, 6) is 0.702. The van der Waals surface area contributed by atoms with Gasteiger partial charge in [-0.2, -0.15) is 0 Å². The molecule has 0 atom stereocenters. The predicted octanol–water partition coefficient (Wildman–Crippen LogP) is 3.32. The molecule has 1 heterocycles. The molecule has 132 valence electrons. The van der Waals surface area contributed by atoms with E-state index in [4.69, 9.17) is 5.73 Å². The Morgan fingerprint density at radius 2 is 1.76 bits per heavy atom. The molecule has 1 fully saturated rings. The Labute approximate surface area is 154 Å². The van der Waals surface area contributed by atoms with E-state index in [2.05, 4.69) is 42.1 Å². The van der Waals surface area contributed by atoms with Crippen molar-refractivity contribution in [2.45, 2.75) is 38.1 Å². The number of carbonyl (C=O) groups is 1. The summed E-state index contributed by atoms with van der Waals surface area (Å²) in [6.07, 6.45) is 7.38. The summed E-state index contributed by atoms with van der Waals surface area (Å²) in [4.78, 5) is 20.5. The number of carbonyl (C=O) groups excluding carboxylic acids is 1. The minimum absolute atomic E-state index is 0.271. The molecule has 1 aromatic heterocycles. The number of benzene rings is 1. The van der Waals surface area contributed by atoms with Crippen molar-refractivity contribution in [2.24, 2.45) is 0 Å². The topological polar surface area (TPSA) is 105 Å². The van der Waals surface area contributed by atoms with E-state index in [-0.39, 0.29) is 5.91 Å². The Balaban J connectivity index is 1.63. The van der Waals surface area contributed by atoms with E-state index in [1.807, 2.05) is 0 Å². The lowest BCUT2D eigenvalue weighted by atomic mass is 9.95. The molecule has 2 aromatic rings. The van der Waals surface area contributed by atoms with Crippen LogP contribution in [0, 0.1) is 0 Å². The van der Waals surface area contributed by atoms with Crippen LogP contribution in [0.3, 0.4) is 0 Å². The lowest BCUT2D eigenvalue weighted by Gasteiger charge is -2.24. The first-order valence-corrected chi connectivity index (χ1v) is 9.11. The molecule has 1 aliphatic carbocycles. The van der Waals surface area contributed by atoms with Crippen LogP contribution in [-0.2, 0) is 0 Å². The Morgan fingerprint density at radius 1 is 1.08 bits per heavy atom. The molecule has 1 saturated carbocycles. The lowest BCUT2D eigenvalue weighted by Crippen LogP contribution is -2.30. The number of anilines is 3. The monoisotopic (exact) mass is 404 g/mol. The molecule has 0 unspecified atom stereocenters. The molecule has 1 aromatic carbocycles. The number of halogens is 1. The average Bonchev–Trinajstić information content (AvgIpc) is 2.63. The Kier molecular flexibility index (Phi) is 5.70. The van der Waals surface area contributed by atoms with Crippen molar-refractivity contribution in [1.82, 2.24) is 15.4 Å². The first-order chi connectivity index (χ1) is 12.1. The summed E-state index contributed by atoms with van der Waals surface area (Å²) in [6, 6.07) is 7.44. The van der Waals surface area contributed by atoms with Crippen LogP contribution in [0.2, 0.25) is 0 Å². The number of hydrogen-bond acceptors (Lipinski definition) is 6. The number of amides is 1. The van der Waals surface area contributed by atoms with Crippen molar-refractivity contribution in [3.05, 3.63) is 40.6 Å². The molecule has 0 saturated heterocycles. The number of nitrogens with two attached hydrogens (primary N) is 1. The van der Waals surface area contributed by atoms with Crippen LogP contribution in [-0.4, -0.2) is 21.9 Å². The largest absolute Gasteiger partial charge is 0.393 e. The highest BCUT2D eigenvalue weighted by Gasteiger charge is 2.16. The summed E-state index contributed by atoms with van der Waals surface area (Å²) in [5, 5.41) is 3.38. The molecule has 25 heavy (non-hydrogen) atoms. The maximum Gasteiger partial charge on any atom is 0.269 e. The van der Waals surface area contributed by atoms with Gasteiger partial charge >= 0.3 is 0 Å². The molecule has 1 amide bonds. The van der Waals surface area contributed by atoms with Gasteiger partial charge in [-0.25, -0.2) is 9.97 Å². The summed E-state index contributed by atoms with van der Waals surface area (Å²) in [6.45, 7) is 0. The first-order valence-electron chi connectivity index (χ1n) is 8.32. The average molecular weight is 405 g/mol. The zero-order valence-electron chi connectivity index (χ0n) is 13.8. The van der Waals surface area contributed by atoms with Gasteiger partial charge in [0, 0.05) is 16.1 Å². The number of nitrogens with zero attached hydrogens (tertiary/aromatic N) is 2. The SMILES string of the molecule is Nc1c(NNC(=O)c2ccc(Br)cc2)ncnc1NC1CCCCC1. The highest BCUT2D eigenvalue weighted by atomic mass is 79.9.